The molecule has 0 aliphatic carbocycles. The first-order valence-corrected chi connectivity index (χ1v) is 13.2. The van der Waals surface area contributed by atoms with E-state index in [4.69, 9.17) is 9.47 Å². The Hall–Kier alpha value is -3.62. The molecule has 1 fully saturated rings. The summed E-state index contributed by atoms with van der Waals surface area (Å²) in [6.45, 7) is 12.2. The lowest BCUT2D eigenvalue weighted by molar-refractivity contribution is 0.0204. The maximum atomic E-state index is 13.5. The number of piperidine rings is 1. The van der Waals surface area contributed by atoms with Crippen LogP contribution in [0.1, 0.15) is 53.0 Å². The summed E-state index contributed by atoms with van der Waals surface area (Å²) in [5.41, 5.74) is 1.34. The zero-order chi connectivity index (χ0) is 27.3. The van der Waals surface area contributed by atoms with Gasteiger partial charge in [-0.15, -0.1) is 10.2 Å². The van der Waals surface area contributed by atoms with Crippen LogP contribution in [0.4, 0.5) is 15.1 Å². The number of likely N-dealkylation sites (tertiary alicyclic amines) is 1. The molecular formula is C29H38FN5O3. The molecule has 0 spiro atoms. The van der Waals surface area contributed by atoms with Crippen LogP contribution in [0.3, 0.4) is 0 Å². The largest absolute Gasteiger partial charge is 0.493 e. The predicted molar refractivity (Wildman–Crippen MR) is 146 cm³/mol. The minimum atomic E-state index is -0.530. The minimum Gasteiger partial charge on any atom is -0.493 e. The third kappa shape index (κ3) is 7.46. The number of aromatic nitrogens is 3. The third-order valence-corrected chi connectivity index (χ3v) is 6.28. The fourth-order valence-electron chi connectivity index (χ4n) is 4.33. The van der Waals surface area contributed by atoms with Gasteiger partial charge in [0.1, 0.15) is 17.2 Å². The van der Waals surface area contributed by atoms with Gasteiger partial charge >= 0.3 is 6.09 Å². The van der Waals surface area contributed by atoms with Crippen molar-refractivity contribution in [2.75, 3.05) is 24.6 Å². The number of aromatic amines is 1. The van der Waals surface area contributed by atoms with Crippen molar-refractivity contribution in [3.8, 4) is 17.1 Å². The highest BCUT2D eigenvalue weighted by Crippen LogP contribution is 2.27. The van der Waals surface area contributed by atoms with Gasteiger partial charge in [-0.25, -0.2) is 9.18 Å². The van der Waals surface area contributed by atoms with E-state index in [1.165, 1.54) is 12.1 Å². The number of ether oxygens (including phenoxy) is 2. The average Bonchev–Trinajstić information content (AvgIpc) is 3.36. The summed E-state index contributed by atoms with van der Waals surface area (Å²) in [7, 11) is 0. The molecule has 0 radical (unpaired) electrons. The number of hydrogen-bond acceptors (Lipinski definition) is 6. The molecule has 1 N–H and O–H groups in total. The molecule has 0 bridgehead atoms. The molecule has 38 heavy (non-hydrogen) atoms. The standard InChI is InChI=1S/C29H38FN5O3/c1-20(2)19-37-25-12-8-22(9-13-25)26-31-27(33-32-26)35(18-21-6-10-23(30)11-7-21)24-14-16-34(17-15-24)28(36)38-29(3,4)5/h6-13,20,24H,14-19H2,1-5H3,(H,31,32,33). The van der Waals surface area contributed by atoms with Crippen molar-refractivity contribution >= 4 is 12.0 Å². The summed E-state index contributed by atoms with van der Waals surface area (Å²) in [6, 6.07) is 14.4. The molecule has 4 rings (SSSR count). The smallest absolute Gasteiger partial charge is 0.410 e. The maximum absolute atomic E-state index is 13.5. The van der Waals surface area contributed by atoms with Crippen molar-refractivity contribution in [3.63, 3.8) is 0 Å². The van der Waals surface area contributed by atoms with Crippen LogP contribution in [0.5, 0.6) is 5.75 Å². The van der Waals surface area contributed by atoms with E-state index in [0.717, 1.165) is 29.7 Å². The van der Waals surface area contributed by atoms with Gasteiger partial charge in [0.25, 0.3) is 0 Å². The monoisotopic (exact) mass is 523 g/mol. The lowest BCUT2D eigenvalue weighted by Crippen LogP contribution is -2.48. The molecule has 1 saturated heterocycles. The van der Waals surface area contributed by atoms with E-state index >= 15 is 0 Å². The number of amides is 1. The lowest BCUT2D eigenvalue weighted by atomic mass is 10.0. The maximum Gasteiger partial charge on any atom is 0.410 e. The van der Waals surface area contributed by atoms with Crippen molar-refractivity contribution in [2.45, 2.75) is 65.6 Å². The number of carbonyl (C=O) groups is 1. The molecule has 3 aromatic rings. The van der Waals surface area contributed by atoms with Crippen LogP contribution in [0.2, 0.25) is 0 Å². The van der Waals surface area contributed by atoms with Crippen LogP contribution in [0.15, 0.2) is 48.5 Å². The summed E-state index contributed by atoms with van der Waals surface area (Å²) < 4.78 is 24.9. The van der Waals surface area contributed by atoms with Gasteiger partial charge in [-0.2, -0.15) is 0 Å². The van der Waals surface area contributed by atoms with Crippen LogP contribution >= 0.6 is 0 Å². The van der Waals surface area contributed by atoms with Gasteiger partial charge in [0.2, 0.25) is 5.95 Å². The minimum absolute atomic E-state index is 0.117. The highest BCUT2D eigenvalue weighted by atomic mass is 19.1. The Morgan fingerprint density at radius 2 is 1.74 bits per heavy atom. The Balaban J connectivity index is 1.50. The van der Waals surface area contributed by atoms with Gasteiger partial charge in [-0.3, -0.25) is 0 Å². The van der Waals surface area contributed by atoms with Crippen molar-refractivity contribution in [3.05, 3.63) is 59.9 Å². The molecule has 0 saturated carbocycles. The molecule has 8 nitrogen and oxygen atoms in total. The second kappa shape index (κ2) is 11.8. The molecule has 0 atom stereocenters. The van der Waals surface area contributed by atoms with Crippen molar-refractivity contribution in [1.29, 1.82) is 0 Å². The second-order valence-electron chi connectivity index (χ2n) is 11.2. The highest BCUT2D eigenvalue weighted by Gasteiger charge is 2.31. The van der Waals surface area contributed by atoms with E-state index in [1.54, 1.807) is 17.0 Å². The van der Waals surface area contributed by atoms with Gasteiger partial charge in [-0.1, -0.05) is 26.0 Å². The van der Waals surface area contributed by atoms with Gasteiger partial charge in [0.15, 0.2) is 5.82 Å². The van der Waals surface area contributed by atoms with E-state index in [-0.39, 0.29) is 18.0 Å². The molecule has 2 aromatic carbocycles. The number of nitrogens with one attached hydrogen (secondary N) is 1. The predicted octanol–water partition coefficient (Wildman–Crippen LogP) is 6.05. The summed E-state index contributed by atoms with van der Waals surface area (Å²) in [6.07, 6.45) is 1.21. The molecule has 1 aliphatic rings. The number of anilines is 1. The van der Waals surface area contributed by atoms with E-state index < -0.39 is 5.60 Å². The fourth-order valence-corrected chi connectivity index (χ4v) is 4.33. The number of nitrogens with zero attached hydrogens (tertiary/aromatic N) is 4. The zero-order valence-corrected chi connectivity index (χ0v) is 22.9. The van der Waals surface area contributed by atoms with E-state index in [0.29, 0.717) is 43.9 Å². The van der Waals surface area contributed by atoms with Gasteiger partial charge in [0, 0.05) is 31.2 Å². The molecule has 204 valence electrons. The van der Waals surface area contributed by atoms with Crippen LogP contribution in [0, 0.1) is 11.7 Å². The third-order valence-electron chi connectivity index (χ3n) is 6.28. The topological polar surface area (TPSA) is 83.6 Å². The van der Waals surface area contributed by atoms with E-state index in [1.807, 2.05) is 45.0 Å². The first kappa shape index (κ1) is 27.4. The van der Waals surface area contributed by atoms with Gasteiger partial charge in [-0.05, 0) is 81.5 Å². The summed E-state index contributed by atoms with van der Waals surface area (Å²) in [5, 5.41) is 8.89. The summed E-state index contributed by atoms with van der Waals surface area (Å²) in [5.74, 6) is 2.30. The Kier molecular flexibility index (Phi) is 8.54. The average molecular weight is 524 g/mol. The molecule has 1 aliphatic heterocycles. The molecule has 9 heteroatoms. The number of halogens is 1. The SMILES string of the molecule is CC(C)COc1ccc(-c2nnc(N(Cc3ccc(F)cc3)C3CCN(C(=O)OC(C)(C)C)CC3)[nH]2)cc1. The van der Waals surface area contributed by atoms with Crippen LogP contribution in [-0.2, 0) is 11.3 Å². The Morgan fingerprint density at radius 1 is 1.08 bits per heavy atom. The second-order valence-corrected chi connectivity index (χ2v) is 11.2. The quantitative estimate of drug-likeness (QED) is 0.387. The molecule has 2 heterocycles. The van der Waals surface area contributed by atoms with Crippen LogP contribution in [0.25, 0.3) is 11.4 Å². The van der Waals surface area contributed by atoms with E-state index in [2.05, 4.69) is 33.9 Å². The molecular weight excluding hydrogens is 485 g/mol. The molecule has 1 amide bonds. The van der Waals surface area contributed by atoms with Gasteiger partial charge < -0.3 is 24.3 Å². The number of rotatable bonds is 8. The van der Waals surface area contributed by atoms with Crippen molar-refractivity contribution in [1.82, 2.24) is 20.1 Å². The number of benzene rings is 2. The van der Waals surface area contributed by atoms with E-state index in [9.17, 15) is 9.18 Å². The van der Waals surface area contributed by atoms with Crippen LogP contribution < -0.4 is 9.64 Å². The number of carbonyl (C=O) groups excluding carboxylic acids is 1. The first-order chi connectivity index (χ1) is 18.1. The van der Waals surface area contributed by atoms with Crippen LogP contribution in [-0.4, -0.2) is 57.5 Å². The van der Waals surface area contributed by atoms with Gasteiger partial charge in [0.05, 0.1) is 6.61 Å². The molecule has 1 aromatic heterocycles. The first-order valence-electron chi connectivity index (χ1n) is 13.2. The number of H-pyrrole nitrogens is 1. The normalized spacial score (nSPS) is 14.6. The zero-order valence-electron chi connectivity index (χ0n) is 22.9. The highest BCUT2D eigenvalue weighted by molar-refractivity contribution is 5.68. The van der Waals surface area contributed by atoms with Crippen molar-refractivity contribution in [2.24, 2.45) is 5.92 Å². The molecule has 0 unspecified atom stereocenters. The fraction of sp³-hybridized carbons (Fsp3) is 0.483. The summed E-state index contributed by atoms with van der Waals surface area (Å²) in [4.78, 5) is 19.9. The number of hydrogen-bond donors (Lipinski definition) is 1. The Bertz CT molecular complexity index is 1180. The summed E-state index contributed by atoms with van der Waals surface area (Å²) >= 11 is 0. The van der Waals surface area contributed by atoms with Crippen molar-refractivity contribution < 1.29 is 18.7 Å². The Labute approximate surface area is 224 Å². The Morgan fingerprint density at radius 3 is 2.34 bits per heavy atom. The lowest BCUT2D eigenvalue weighted by Gasteiger charge is -2.38.